The van der Waals surface area contributed by atoms with Crippen molar-refractivity contribution < 1.29 is 5.11 Å². The molecule has 0 bridgehead atoms. The average molecular weight is 186 g/mol. The normalized spacial score (nSPS) is 15.9. The molecule has 0 aromatic rings. The van der Waals surface area contributed by atoms with Crippen molar-refractivity contribution in [1.82, 2.24) is 0 Å². The van der Waals surface area contributed by atoms with Gasteiger partial charge in [0, 0.05) is 6.61 Å². The Balaban J connectivity index is 3.95. The standard InChI is InChI=1S/C12H26O/c1-10(12(5,6)9-13)7-8-11(2,3)4/h10,13H,7-9H2,1-6H3. The largest absolute Gasteiger partial charge is 0.396 e. The minimum Gasteiger partial charge on any atom is -0.396 e. The molecule has 1 atom stereocenters. The molecular formula is C12H26O. The quantitative estimate of drug-likeness (QED) is 0.713. The van der Waals surface area contributed by atoms with E-state index < -0.39 is 0 Å². The molecule has 0 aromatic heterocycles. The maximum Gasteiger partial charge on any atom is 0.0484 e. The van der Waals surface area contributed by atoms with Crippen LogP contribution in [0.5, 0.6) is 0 Å². The van der Waals surface area contributed by atoms with Gasteiger partial charge in [-0.25, -0.2) is 0 Å². The Labute approximate surface area is 83.5 Å². The van der Waals surface area contributed by atoms with Crippen molar-refractivity contribution in [3.63, 3.8) is 0 Å². The smallest absolute Gasteiger partial charge is 0.0484 e. The lowest BCUT2D eigenvalue weighted by Gasteiger charge is -2.31. The summed E-state index contributed by atoms with van der Waals surface area (Å²) < 4.78 is 0. The second-order valence-corrected chi connectivity index (χ2v) is 6.15. The van der Waals surface area contributed by atoms with Crippen molar-refractivity contribution in [2.24, 2.45) is 16.7 Å². The van der Waals surface area contributed by atoms with E-state index in [1.807, 2.05) is 0 Å². The zero-order valence-electron chi connectivity index (χ0n) is 10.1. The Morgan fingerprint density at radius 3 is 1.85 bits per heavy atom. The van der Waals surface area contributed by atoms with Crippen molar-refractivity contribution in [3.8, 4) is 0 Å². The molecule has 0 fully saturated rings. The summed E-state index contributed by atoms with van der Waals surface area (Å²) in [6.07, 6.45) is 2.44. The van der Waals surface area contributed by atoms with Crippen LogP contribution < -0.4 is 0 Å². The second-order valence-electron chi connectivity index (χ2n) is 6.15. The van der Waals surface area contributed by atoms with E-state index in [1.54, 1.807) is 0 Å². The van der Waals surface area contributed by atoms with E-state index in [1.165, 1.54) is 12.8 Å². The third-order valence-corrected chi connectivity index (χ3v) is 3.07. The van der Waals surface area contributed by atoms with Gasteiger partial charge in [0.2, 0.25) is 0 Å². The maximum absolute atomic E-state index is 9.19. The minimum atomic E-state index is 0.0747. The predicted molar refractivity (Wildman–Crippen MR) is 58.7 cm³/mol. The predicted octanol–water partition coefficient (Wildman–Crippen LogP) is 3.47. The Kier molecular flexibility index (Phi) is 4.44. The molecule has 0 radical (unpaired) electrons. The van der Waals surface area contributed by atoms with Crippen molar-refractivity contribution in [2.75, 3.05) is 6.61 Å². The molecule has 1 heteroatoms. The van der Waals surface area contributed by atoms with Gasteiger partial charge in [-0.2, -0.15) is 0 Å². The summed E-state index contributed by atoms with van der Waals surface area (Å²) in [4.78, 5) is 0. The van der Waals surface area contributed by atoms with E-state index in [-0.39, 0.29) is 12.0 Å². The van der Waals surface area contributed by atoms with E-state index in [2.05, 4.69) is 41.5 Å². The first-order valence-corrected chi connectivity index (χ1v) is 5.30. The lowest BCUT2D eigenvalue weighted by Crippen LogP contribution is -2.26. The van der Waals surface area contributed by atoms with Crippen LogP contribution in [0.2, 0.25) is 0 Å². The van der Waals surface area contributed by atoms with Crippen LogP contribution in [0.1, 0.15) is 54.4 Å². The molecule has 0 aliphatic heterocycles. The highest BCUT2D eigenvalue weighted by Gasteiger charge is 2.25. The molecule has 0 rings (SSSR count). The van der Waals surface area contributed by atoms with E-state index >= 15 is 0 Å². The molecule has 13 heavy (non-hydrogen) atoms. The number of aliphatic hydroxyl groups is 1. The molecule has 1 unspecified atom stereocenters. The van der Waals surface area contributed by atoms with Crippen molar-refractivity contribution in [2.45, 2.75) is 54.4 Å². The van der Waals surface area contributed by atoms with E-state index in [0.29, 0.717) is 11.3 Å². The van der Waals surface area contributed by atoms with Gasteiger partial charge in [0.1, 0.15) is 0 Å². The number of hydrogen-bond donors (Lipinski definition) is 1. The Morgan fingerprint density at radius 1 is 1.08 bits per heavy atom. The molecule has 0 aliphatic rings. The Morgan fingerprint density at radius 2 is 1.54 bits per heavy atom. The highest BCUT2D eigenvalue weighted by molar-refractivity contribution is 4.76. The van der Waals surface area contributed by atoms with Crippen LogP contribution in [-0.2, 0) is 0 Å². The van der Waals surface area contributed by atoms with Crippen LogP contribution in [0.15, 0.2) is 0 Å². The molecular weight excluding hydrogens is 160 g/mol. The number of aliphatic hydroxyl groups excluding tert-OH is 1. The van der Waals surface area contributed by atoms with Gasteiger partial charge in [0.25, 0.3) is 0 Å². The van der Waals surface area contributed by atoms with Crippen LogP contribution in [-0.4, -0.2) is 11.7 Å². The van der Waals surface area contributed by atoms with E-state index in [0.717, 1.165) is 0 Å². The zero-order chi connectivity index (χ0) is 10.7. The van der Waals surface area contributed by atoms with Crippen LogP contribution in [0, 0.1) is 16.7 Å². The lowest BCUT2D eigenvalue weighted by molar-refractivity contribution is 0.0929. The fraction of sp³-hybridized carbons (Fsp3) is 1.00. The van der Waals surface area contributed by atoms with Gasteiger partial charge in [0.15, 0.2) is 0 Å². The van der Waals surface area contributed by atoms with Crippen LogP contribution >= 0.6 is 0 Å². The molecule has 0 amide bonds. The van der Waals surface area contributed by atoms with E-state index in [4.69, 9.17) is 0 Å². The Hall–Kier alpha value is -0.0400. The second kappa shape index (κ2) is 4.45. The number of rotatable bonds is 4. The molecule has 0 heterocycles. The van der Waals surface area contributed by atoms with Gasteiger partial charge in [0.05, 0.1) is 0 Å². The first-order chi connectivity index (χ1) is 5.69. The molecule has 1 N–H and O–H groups in total. The van der Waals surface area contributed by atoms with Gasteiger partial charge in [-0.15, -0.1) is 0 Å². The summed E-state index contributed by atoms with van der Waals surface area (Å²) in [5, 5.41) is 9.19. The van der Waals surface area contributed by atoms with Gasteiger partial charge < -0.3 is 5.11 Å². The number of hydrogen-bond acceptors (Lipinski definition) is 1. The topological polar surface area (TPSA) is 20.2 Å². The summed E-state index contributed by atoms with van der Waals surface area (Å²) in [5.74, 6) is 0.594. The lowest BCUT2D eigenvalue weighted by atomic mass is 9.75. The van der Waals surface area contributed by atoms with Gasteiger partial charge >= 0.3 is 0 Å². The minimum absolute atomic E-state index is 0.0747. The van der Waals surface area contributed by atoms with Crippen molar-refractivity contribution in [1.29, 1.82) is 0 Å². The Bertz CT molecular complexity index is 142. The molecule has 1 nitrogen and oxygen atoms in total. The third kappa shape index (κ3) is 5.30. The highest BCUT2D eigenvalue weighted by atomic mass is 16.3. The fourth-order valence-corrected chi connectivity index (χ4v) is 1.20. The van der Waals surface area contributed by atoms with Crippen molar-refractivity contribution >= 4 is 0 Å². The molecule has 0 saturated heterocycles. The summed E-state index contributed by atoms with van der Waals surface area (Å²) in [6, 6.07) is 0. The van der Waals surface area contributed by atoms with Gasteiger partial charge in [-0.3, -0.25) is 0 Å². The summed E-state index contributed by atoms with van der Waals surface area (Å²) in [6.45, 7) is 13.6. The summed E-state index contributed by atoms with van der Waals surface area (Å²) in [7, 11) is 0. The fourth-order valence-electron chi connectivity index (χ4n) is 1.20. The molecule has 80 valence electrons. The molecule has 0 aliphatic carbocycles. The van der Waals surface area contributed by atoms with Gasteiger partial charge in [-0.1, -0.05) is 41.5 Å². The first-order valence-electron chi connectivity index (χ1n) is 5.30. The van der Waals surface area contributed by atoms with Gasteiger partial charge in [-0.05, 0) is 29.6 Å². The third-order valence-electron chi connectivity index (χ3n) is 3.07. The highest BCUT2D eigenvalue weighted by Crippen LogP contribution is 2.33. The molecule has 0 spiro atoms. The zero-order valence-corrected chi connectivity index (χ0v) is 10.1. The first kappa shape index (κ1) is 13.0. The summed E-state index contributed by atoms with van der Waals surface area (Å²) in [5.41, 5.74) is 0.491. The van der Waals surface area contributed by atoms with Crippen LogP contribution in [0.25, 0.3) is 0 Å². The van der Waals surface area contributed by atoms with E-state index in [9.17, 15) is 5.11 Å². The molecule has 0 saturated carbocycles. The SMILES string of the molecule is CC(CCC(C)(C)C)C(C)(C)CO. The summed E-state index contributed by atoms with van der Waals surface area (Å²) >= 11 is 0. The molecule has 0 aromatic carbocycles. The maximum atomic E-state index is 9.19. The monoisotopic (exact) mass is 186 g/mol. The van der Waals surface area contributed by atoms with Crippen LogP contribution in [0.3, 0.4) is 0 Å². The van der Waals surface area contributed by atoms with Crippen molar-refractivity contribution in [3.05, 3.63) is 0 Å². The average Bonchev–Trinajstić information content (AvgIpc) is 1.98. The van der Waals surface area contributed by atoms with Crippen LogP contribution in [0.4, 0.5) is 0 Å².